The van der Waals surface area contributed by atoms with Crippen molar-refractivity contribution in [1.29, 1.82) is 0 Å². The summed E-state index contributed by atoms with van der Waals surface area (Å²) in [6.45, 7) is 5.19. The molecule has 2 heterocycles. The first-order valence-corrected chi connectivity index (χ1v) is 6.87. The number of pyridine rings is 1. The van der Waals surface area contributed by atoms with Gasteiger partial charge in [0.1, 0.15) is 0 Å². The Hall–Kier alpha value is -1.46. The minimum Gasteiger partial charge on any atom is -0.478 e. The summed E-state index contributed by atoms with van der Waals surface area (Å²) in [7, 11) is 0. The van der Waals surface area contributed by atoms with Crippen LogP contribution in [0.25, 0.3) is 0 Å². The molecule has 0 atom stereocenters. The molecule has 1 fully saturated rings. The number of carbonyl (C=O) groups is 1. The van der Waals surface area contributed by atoms with E-state index < -0.39 is 5.97 Å². The van der Waals surface area contributed by atoms with Gasteiger partial charge in [0.2, 0.25) is 0 Å². The second-order valence-electron chi connectivity index (χ2n) is 4.92. The van der Waals surface area contributed by atoms with Gasteiger partial charge in [0, 0.05) is 12.7 Å². The third-order valence-electron chi connectivity index (χ3n) is 3.40. The van der Waals surface area contributed by atoms with Crippen molar-refractivity contribution in [3.8, 4) is 0 Å². The predicted octanol–water partition coefficient (Wildman–Crippen LogP) is 1.36. The van der Waals surface area contributed by atoms with Gasteiger partial charge in [0.15, 0.2) is 0 Å². The third-order valence-corrected chi connectivity index (χ3v) is 3.40. The number of aromatic nitrogens is 1. The van der Waals surface area contributed by atoms with Crippen LogP contribution in [0.3, 0.4) is 0 Å². The van der Waals surface area contributed by atoms with Crippen LogP contribution < -0.4 is 5.32 Å². The summed E-state index contributed by atoms with van der Waals surface area (Å²) in [5.74, 6) is -0.905. The Bertz CT molecular complexity index is 417. The van der Waals surface area contributed by atoms with Crippen molar-refractivity contribution in [3.05, 3.63) is 29.6 Å². The number of hydrogen-bond donors (Lipinski definition) is 2. The van der Waals surface area contributed by atoms with E-state index in [0.29, 0.717) is 12.1 Å². The summed E-state index contributed by atoms with van der Waals surface area (Å²) in [6.07, 6.45) is 5.34. The van der Waals surface area contributed by atoms with Crippen LogP contribution in [0, 0.1) is 0 Å². The van der Waals surface area contributed by atoms with Crippen LogP contribution in [0.1, 0.15) is 35.3 Å². The number of nitrogens with one attached hydrogen (secondary N) is 1. The maximum absolute atomic E-state index is 10.8. The van der Waals surface area contributed by atoms with E-state index in [0.717, 1.165) is 25.2 Å². The number of nitrogens with zero attached hydrogens (tertiary/aromatic N) is 2. The van der Waals surface area contributed by atoms with Gasteiger partial charge in [-0.25, -0.2) is 4.79 Å². The zero-order valence-electron chi connectivity index (χ0n) is 11.1. The van der Waals surface area contributed by atoms with Crippen molar-refractivity contribution in [3.63, 3.8) is 0 Å². The van der Waals surface area contributed by atoms with Crippen LogP contribution in [0.5, 0.6) is 0 Å². The van der Waals surface area contributed by atoms with Gasteiger partial charge in [0.05, 0.1) is 11.3 Å². The number of carboxylic acids is 1. The molecule has 1 aliphatic heterocycles. The van der Waals surface area contributed by atoms with Crippen LogP contribution in [-0.2, 0) is 6.54 Å². The maximum atomic E-state index is 10.8. The summed E-state index contributed by atoms with van der Waals surface area (Å²) in [5, 5.41) is 12.2. The summed E-state index contributed by atoms with van der Waals surface area (Å²) in [6, 6.07) is 3.13. The lowest BCUT2D eigenvalue weighted by Crippen LogP contribution is -2.24. The van der Waals surface area contributed by atoms with Crippen LogP contribution in [0.2, 0.25) is 0 Å². The molecule has 0 amide bonds. The molecule has 5 nitrogen and oxygen atoms in total. The molecule has 0 spiro atoms. The molecule has 2 rings (SSSR count). The lowest BCUT2D eigenvalue weighted by molar-refractivity contribution is 0.0696. The van der Waals surface area contributed by atoms with Gasteiger partial charge >= 0.3 is 5.97 Å². The summed E-state index contributed by atoms with van der Waals surface area (Å²) in [5.41, 5.74) is 1.07. The molecule has 0 aromatic carbocycles. The molecular formula is C14H21N3O2. The van der Waals surface area contributed by atoms with Gasteiger partial charge < -0.3 is 15.3 Å². The average molecular weight is 263 g/mol. The average Bonchev–Trinajstić information content (AvgIpc) is 2.92. The van der Waals surface area contributed by atoms with Crippen molar-refractivity contribution >= 4 is 5.97 Å². The standard InChI is InChI=1S/C14H21N3O2/c18-14(19)12-4-6-16-13(10-12)11-15-5-3-9-17-7-1-2-8-17/h4,6,10,15H,1-3,5,7-9,11H2,(H,18,19). The molecule has 104 valence electrons. The van der Waals surface area contributed by atoms with E-state index in [1.165, 1.54) is 32.0 Å². The fourth-order valence-corrected chi connectivity index (χ4v) is 2.36. The fourth-order valence-electron chi connectivity index (χ4n) is 2.36. The molecule has 0 radical (unpaired) electrons. The second-order valence-corrected chi connectivity index (χ2v) is 4.92. The van der Waals surface area contributed by atoms with E-state index in [2.05, 4.69) is 15.2 Å². The number of aromatic carboxylic acids is 1. The van der Waals surface area contributed by atoms with Crippen LogP contribution >= 0.6 is 0 Å². The zero-order valence-corrected chi connectivity index (χ0v) is 11.1. The highest BCUT2D eigenvalue weighted by Gasteiger charge is 2.10. The van der Waals surface area contributed by atoms with Crippen LogP contribution in [0.15, 0.2) is 18.3 Å². The molecule has 5 heteroatoms. The first kappa shape index (κ1) is 14.0. The number of hydrogen-bond acceptors (Lipinski definition) is 4. The Morgan fingerprint density at radius 2 is 2.21 bits per heavy atom. The summed E-state index contributed by atoms with van der Waals surface area (Å²) >= 11 is 0. The normalized spacial score (nSPS) is 15.8. The van der Waals surface area contributed by atoms with E-state index in [9.17, 15) is 4.79 Å². The lowest BCUT2D eigenvalue weighted by atomic mass is 10.2. The molecule has 1 aromatic rings. The Labute approximate surface area is 113 Å². The van der Waals surface area contributed by atoms with E-state index in [1.54, 1.807) is 12.3 Å². The minimum absolute atomic E-state index is 0.295. The fraction of sp³-hybridized carbons (Fsp3) is 0.571. The van der Waals surface area contributed by atoms with Crippen molar-refractivity contribution in [2.75, 3.05) is 26.2 Å². The smallest absolute Gasteiger partial charge is 0.335 e. The van der Waals surface area contributed by atoms with Crippen molar-refractivity contribution in [2.45, 2.75) is 25.8 Å². The van der Waals surface area contributed by atoms with Crippen molar-refractivity contribution in [2.24, 2.45) is 0 Å². The van der Waals surface area contributed by atoms with Gasteiger partial charge in [-0.3, -0.25) is 4.98 Å². The molecule has 0 unspecified atom stereocenters. The molecule has 19 heavy (non-hydrogen) atoms. The quantitative estimate of drug-likeness (QED) is 0.727. The molecule has 1 aromatic heterocycles. The largest absolute Gasteiger partial charge is 0.478 e. The van der Waals surface area contributed by atoms with Gasteiger partial charge in [0.25, 0.3) is 0 Å². The van der Waals surface area contributed by atoms with E-state index in [4.69, 9.17) is 5.11 Å². The SMILES string of the molecule is O=C(O)c1ccnc(CNCCCN2CCCC2)c1. The maximum Gasteiger partial charge on any atom is 0.335 e. The van der Waals surface area contributed by atoms with E-state index in [-0.39, 0.29) is 0 Å². The highest BCUT2D eigenvalue weighted by Crippen LogP contribution is 2.07. The molecule has 1 aliphatic rings. The zero-order chi connectivity index (χ0) is 13.5. The highest BCUT2D eigenvalue weighted by molar-refractivity contribution is 5.87. The molecule has 0 aliphatic carbocycles. The predicted molar refractivity (Wildman–Crippen MR) is 73.2 cm³/mol. The number of carboxylic acid groups (broad SMARTS) is 1. The van der Waals surface area contributed by atoms with Crippen molar-refractivity contribution in [1.82, 2.24) is 15.2 Å². The Morgan fingerprint density at radius 1 is 1.42 bits per heavy atom. The Balaban J connectivity index is 1.64. The van der Waals surface area contributed by atoms with Gasteiger partial charge in [-0.2, -0.15) is 0 Å². The molecule has 0 bridgehead atoms. The van der Waals surface area contributed by atoms with E-state index >= 15 is 0 Å². The van der Waals surface area contributed by atoms with Gasteiger partial charge in [-0.15, -0.1) is 0 Å². The van der Waals surface area contributed by atoms with E-state index in [1.807, 2.05) is 0 Å². The summed E-state index contributed by atoms with van der Waals surface area (Å²) < 4.78 is 0. The number of likely N-dealkylation sites (tertiary alicyclic amines) is 1. The van der Waals surface area contributed by atoms with Crippen LogP contribution in [-0.4, -0.2) is 47.1 Å². The second kappa shape index (κ2) is 7.21. The first-order valence-electron chi connectivity index (χ1n) is 6.87. The van der Waals surface area contributed by atoms with Crippen molar-refractivity contribution < 1.29 is 9.90 Å². The molecule has 2 N–H and O–H groups in total. The van der Waals surface area contributed by atoms with Gasteiger partial charge in [-0.05, 0) is 57.6 Å². The van der Waals surface area contributed by atoms with Gasteiger partial charge in [-0.1, -0.05) is 0 Å². The number of rotatable bonds is 7. The monoisotopic (exact) mass is 263 g/mol. The molecule has 0 saturated carbocycles. The molecular weight excluding hydrogens is 242 g/mol. The topological polar surface area (TPSA) is 65.5 Å². The lowest BCUT2D eigenvalue weighted by Gasteiger charge is -2.14. The Kier molecular flexibility index (Phi) is 5.30. The molecule has 1 saturated heterocycles. The minimum atomic E-state index is -0.905. The Morgan fingerprint density at radius 3 is 2.95 bits per heavy atom. The summed E-state index contributed by atoms with van der Waals surface area (Å²) in [4.78, 5) is 17.5. The first-order chi connectivity index (χ1) is 9.25. The van der Waals surface area contributed by atoms with Crippen LogP contribution in [0.4, 0.5) is 0 Å². The third kappa shape index (κ3) is 4.61. The highest BCUT2D eigenvalue weighted by atomic mass is 16.4.